The van der Waals surface area contributed by atoms with Crippen LogP contribution in [0.4, 0.5) is 0 Å². The molecule has 0 aliphatic heterocycles. The fraction of sp³-hybridized carbons (Fsp3) is 0.625. The maximum absolute atomic E-state index is 4.27. The smallest absolute Gasteiger partial charge is 0.0635 e. The summed E-state index contributed by atoms with van der Waals surface area (Å²) in [5.41, 5.74) is 2.34. The molecule has 0 spiro atoms. The summed E-state index contributed by atoms with van der Waals surface area (Å²) in [7, 11) is 1.96. The Balaban J connectivity index is 0.000001000. The summed E-state index contributed by atoms with van der Waals surface area (Å²) >= 11 is 4.13. The molecular weight excluding hydrogens is 156 g/mol. The summed E-state index contributed by atoms with van der Waals surface area (Å²) < 4.78 is 1.89. The highest BCUT2D eigenvalue weighted by atomic mass is 32.1. The van der Waals surface area contributed by atoms with Crippen molar-refractivity contribution in [3.8, 4) is 0 Å². The third-order valence-corrected chi connectivity index (χ3v) is 1.76. The highest BCUT2D eigenvalue weighted by molar-refractivity contribution is 7.80. The zero-order chi connectivity index (χ0) is 7.56. The Morgan fingerprint density at radius 3 is 2.64 bits per heavy atom. The van der Waals surface area contributed by atoms with E-state index in [1.54, 1.807) is 0 Å². The molecular formula is C8H16N2S. The quantitative estimate of drug-likeness (QED) is 0.674. The summed E-state index contributed by atoms with van der Waals surface area (Å²) in [6, 6.07) is 2.09. The van der Waals surface area contributed by atoms with Gasteiger partial charge in [-0.25, -0.2) is 0 Å². The summed E-state index contributed by atoms with van der Waals surface area (Å²) in [5.74, 6) is 0.871. The standard InChI is InChI=1S/C7H12N2S.CH4/c1-6-5-7(3-4-10)8-9(6)2;/h5,10H,3-4H2,1-2H3;1H4. The van der Waals surface area contributed by atoms with Gasteiger partial charge < -0.3 is 0 Å². The fourth-order valence-corrected chi connectivity index (χ4v) is 1.10. The Morgan fingerprint density at radius 1 is 1.64 bits per heavy atom. The van der Waals surface area contributed by atoms with Crippen LogP contribution in [0, 0.1) is 6.92 Å². The van der Waals surface area contributed by atoms with Crippen LogP contribution in [0.1, 0.15) is 18.8 Å². The van der Waals surface area contributed by atoms with Crippen LogP contribution in [0.3, 0.4) is 0 Å². The topological polar surface area (TPSA) is 17.8 Å². The number of hydrogen-bond acceptors (Lipinski definition) is 2. The van der Waals surface area contributed by atoms with Gasteiger partial charge in [-0.3, -0.25) is 4.68 Å². The van der Waals surface area contributed by atoms with Gasteiger partial charge in [0.15, 0.2) is 0 Å². The van der Waals surface area contributed by atoms with Gasteiger partial charge in [0.1, 0.15) is 0 Å². The van der Waals surface area contributed by atoms with Crippen molar-refractivity contribution in [2.24, 2.45) is 7.05 Å². The molecule has 1 aromatic rings. The summed E-state index contributed by atoms with van der Waals surface area (Å²) in [4.78, 5) is 0. The average molecular weight is 172 g/mol. The van der Waals surface area contributed by atoms with Gasteiger partial charge in [0, 0.05) is 19.2 Å². The lowest BCUT2D eigenvalue weighted by atomic mass is 10.3. The largest absolute Gasteiger partial charge is 0.273 e. The first kappa shape index (κ1) is 10.6. The highest BCUT2D eigenvalue weighted by Crippen LogP contribution is 2.01. The fourth-order valence-electron chi connectivity index (χ4n) is 0.872. The second-order valence-electron chi connectivity index (χ2n) is 2.37. The van der Waals surface area contributed by atoms with E-state index >= 15 is 0 Å². The maximum atomic E-state index is 4.27. The Labute approximate surface area is 74.0 Å². The number of rotatable bonds is 2. The van der Waals surface area contributed by atoms with Gasteiger partial charge in [0.25, 0.3) is 0 Å². The number of aromatic nitrogens is 2. The Kier molecular flexibility index (Phi) is 4.26. The van der Waals surface area contributed by atoms with Crippen LogP contribution < -0.4 is 0 Å². The molecule has 3 heteroatoms. The molecule has 0 saturated heterocycles. The van der Waals surface area contributed by atoms with Gasteiger partial charge in [-0.2, -0.15) is 17.7 Å². The first-order valence-electron chi connectivity index (χ1n) is 3.34. The predicted octanol–water partition coefficient (Wildman–Crippen LogP) is 1.84. The SMILES string of the molecule is C.Cc1cc(CCS)nn1C. The Bertz CT molecular complexity index is 198. The minimum atomic E-state index is 0. The Hall–Kier alpha value is -0.440. The lowest BCUT2D eigenvalue weighted by molar-refractivity contribution is 0.724. The molecule has 0 aromatic carbocycles. The van der Waals surface area contributed by atoms with E-state index in [-0.39, 0.29) is 7.43 Å². The molecule has 0 aliphatic rings. The van der Waals surface area contributed by atoms with E-state index in [4.69, 9.17) is 0 Å². The molecule has 11 heavy (non-hydrogen) atoms. The zero-order valence-electron chi connectivity index (χ0n) is 6.33. The minimum Gasteiger partial charge on any atom is -0.273 e. The molecule has 0 aliphatic carbocycles. The van der Waals surface area contributed by atoms with E-state index in [1.807, 2.05) is 11.7 Å². The first-order valence-corrected chi connectivity index (χ1v) is 3.97. The monoisotopic (exact) mass is 172 g/mol. The molecule has 0 radical (unpaired) electrons. The third-order valence-electron chi connectivity index (χ3n) is 1.53. The predicted molar refractivity (Wildman–Crippen MR) is 52.2 cm³/mol. The van der Waals surface area contributed by atoms with Crippen molar-refractivity contribution in [1.82, 2.24) is 9.78 Å². The second-order valence-corrected chi connectivity index (χ2v) is 2.82. The van der Waals surface area contributed by atoms with E-state index in [0.29, 0.717) is 0 Å². The third kappa shape index (κ3) is 2.58. The van der Waals surface area contributed by atoms with Crippen molar-refractivity contribution >= 4 is 12.6 Å². The lowest BCUT2D eigenvalue weighted by Gasteiger charge is -1.89. The van der Waals surface area contributed by atoms with Crippen LogP contribution in [0.15, 0.2) is 6.07 Å². The molecule has 1 rings (SSSR count). The van der Waals surface area contributed by atoms with E-state index in [9.17, 15) is 0 Å². The summed E-state index contributed by atoms with van der Waals surface area (Å²) in [5, 5.41) is 4.27. The number of thiol groups is 1. The molecule has 0 saturated carbocycles. The van der Waals surface area contributed by atoms with Crippen LogP contribution in [-0.4, -0.2) is 15.5 Å². The van der Waals surface area contributed by atoms with Crippen LogP contribution in [0.25, 0.3) is 0 Å². The van der Waals surface area contributed by atoms with E-state index in [0.717, 1.165) is 17.9 Å². The molecule has 1 aromatic heterocycles. The second kappa shape index (κ2) is 4.44. The molecule has 1 heterocycles. The molecule has 64 valence electrons. The van der Waals surface area contributed by atoms with Crippen LogP contribution >= 0.6 is 12.6 Å². The molecule has 0 fully saturated rings. The minimum absolute atomic E-state index is 0. The van der Waals surface area contributed by atoms with Gasteiger partial charge in [-0.15, -0.1) is 0 Å². The van der Waals surface area contributed by atoms with Crippen LogP contribution in [0.2, 0.25) is 0 Å². The molecule has 0 unspecified atom stereocenters. The van der Waals surface area contributed by atoms with E-state index in [1.165, 1.54) is 5.69 Å². The van der Waals surface area contributed by atoms with E-state index < -0.39 is 0 Å². The zero-order valence-corrected chi connectivity index (χ0v) is 7.23. The first-order chi connectivity index (χ1) is 4.74. The van der Waals surface area contributed by atoms with Gasteiger partial charge in [-0.1, -0.05) is 7.43 Å². The number of aryl methyl sites for hydroxylation is 3. The Morgan fingerprint density at radius 2 is 2.27 bits per heavy atom. The van der Waals surface area contributed by atoms with Crippen molar-refractivity contribution in [2.45, 2.75) is 20.8 Å². The summed E-state index contributed by atoms with van der Waals surface area (Å²) in [6.45, 7) is 2.05. The van der Waals surface area contributed by atoms with Crippen molar-refractivity contribution in [1.29, 1.82) is 0 Å². The molecule has 2 nitrogen and oxygen atoms in total. The van der Waals surface area contributed by atoms with Gasteiger partial charge in [0.2, 0.25) is 0 Å². The summed E-state index contributed by atoms with van der Waals surface area (Å²) in [6.07, 6.45) is 0.963. The average Bonchev–Trinajstić information content (AvgIpc) is 2.14. The van der Waals surface area contributed by atoms with Crippen molar-refractivity contribution < 1.29 is 0 Å². The number of nitrogens with zero attached hydrogens (tertiary/aromatic N) is 2. The van der Waals surface area contributed by atoms with Crippen molar-refractivity contribution in [2.75, 3.05) is 5.75 Å². The molecule has 0 amide bonds. The van der Waals surface area contributed by atoms with Crippen molar-refractivity contribution in [3.63, 3.8) is 0 Å². The van der Waals surface area contributed by atoms with Crippen LogP contribution in [-0.2, 0) is 13.5 Å². The van der Waals surface area contributed by atoms with Gasteiger partial charge in [0.05, 0.1) is 5.69 Å². The van der Waals surface area contributed by atoms with E-state index in [2.05, 4.69) is 30.7 Å². The van der Waals surface area contributed by atoms with Crippen molar-refractivity contribution in [3.05, 3.63) is 17.5 Å². The maximum Gasteiger partial charge on any atom is 0.0635 e. The molecule has 0 bridgehead atoms. The highest BCUT2D eigenvalue weighted by Gasteiger charge is 1.97. The van der Waals surface area contributed by atoms with Crippen LogP contribution in [0.5, 0.6) is 0 Å². The molecule has 0 atom stereocenters. The van der Waals surface area contributed by atoms with Gasteiger partial charge in [-0.05, 0) is 18.7 Å². The number of hydrogen-bond donors (Lipinski definition) is 1. The normalized spacial score (nSPS) is 9.36. The van der Waals surface area contributed by atoms with Gasteiger partial charge >= 0.3 is 0 Å². The lowest BCUT2D eigenvalue weighted by Crippen LogP contribution is -1.94. The molecule has 0 N–H and O–H groups in total.